The molecule has 0 unspecified atom stereocenters. The van der Waals surface area contributed by atoms with Gasteiger partial charge in [0.15, 0.2) is 5.78 Å². The van der Waals surface area contributed by atoms with Crippen molar-refractivity contribution in [2.45, 2.75) is 13.0 Å². The second kappa shape index (κ2) is 12.0. The molecule has 0 atom stereocenters. The third kappa shape index (κ3) is 7.66. The maximum atomic E-state index is 13.0. The molecule has 1 fully saturated rings. The number of Topliss-reactive ketones (excluding diaryl/α,β-unsaturated/α-hetero) is 1. The highest BCUT2D eigenvalue weighted by Crippen LogP contribution is 2.12. The van der Waals surface area contributed by atoms with Crippen LogP contribution < -0.4 is 0 Å². The van der Waals surface area contributed by atoms with Crippen LogP contribution in [0.4, 0.5) is 4.39 Å². The van der Waals surface area contributed by atoms with Crippen LogP contribution in [0.15, 0.2) is 48.5 Å². The van der Waals surface area contributed by atoms with Gasteiger partial charge in [-0.1, -0.05) is 24.3 Å². The van der Waals surface area contributed by atoms with Crippen molar-refractivity contribution in [3.8, 4) is 0 Å². The summed E-state index contributed by atoms with van der Waals surface area (Å²) in [4.78, 5) is 17.0. The quantitative estimate of drug-likeness (QED) is 0.405. The van der Waals surface area contributed by atoms with Gasteiger partial charge in [-0.15, -0.1) is 24.8 Å². The molecule has 1 aliphatic heterocycles. The zero-order valence-corrected chi connectivity index (χ0v) is 18.7. The lowest BCUT2D eigenvalue weighted by Gasteiger charge is -2.34. The van der Waals surface area contributed by atoms with Crippen LogP contribution in [0.25, 0.3) is 0 Å². The first-order valence-electron chi connectivity index (χ1n) is 8.58. The Morgan fingerprint density at radius 1 is 0.889 bits per heavy atom. The fraction of sp³-hybridized carbons (Fsp3) is 0.350. The van der Waals surface area contributed by atoms with E-state index in [1.54, 1.807) is 0 Å². The first kappa shape index (κ1) is 24.3. The van der Waals surface area contributed by atoms with Crippen LogP contribution in [0.2, 0.25) is 0 Å². The third-order valence-electron chi connectivity index (χ3n) is 4.61. The summed E-state index contributed by atoms with van der Waals surface area (Å²) >= 11 is 2.24. The van der Waals surface area contributed by atoms with Gasteiger partial charge in [-0.2, -0.15) is 0 Å². The van der Waals surface area contributed by atoms with Gasteiger partial charge >= 0.3 is 0 Å². The fourth-order valence-electron chi connectivity index (χ4n) is 3.06. The molecule has 3 rings (SSSR count). The van der Waals surface area contributed by atoms with E-state index in [0.717, 1.165) is 54.0 Å². The van der Waals surface area contributed by atoms with E-state index in [2.05, 4.69) is 32.4 Å². The highest BCUT2D eigenvalue weighted by molar-refractivity contribution is 14.1. The average molecular weight is 525 g/mol. The van der Waals surface area contributed by atoms with Gasteiger partial charge in [-0.05, 0) is 52.4 Å². The van der Waals surface area contributed by atoms with Crippen LogP contribution in [0.5, 0.6) is 0 Å². The normalized spacial score (nSPS) is 14.9. The number of piperazine rings is 1. The maximum absolute atomic E-state index is 13.0. The Morgan fingerprint density at radius 3 is 2.04 bits per heavy atom. The number of rotatable bonds is 6. The van der Waals surface area contributed by atoms with Gasteiger partial charge in [0, 0.05) is 54.8 Å². The van der Waals surface area contributed by atoms with Gasteiger partial charge in [0.2, 0.25) is 0 Å². The maximum Gasteiger partial charge on any atom is 0.164 e. The molecule has 0 spiro atoms. The molecule has 3 nitrogen and oxygen atoms in total. The average Bonchev–Trinajstić information content (AvgIpc) is 2.63. The number of hydrogen-bond donors (Lipinski definition) is 0. The number of halogens is 4. The molecule has 1 saturated heterocycles. The highest BCUT2D eigenvalue weighted by atomic mass is 127. The van der Waals surface area contributed by atoms with E-state index in [0.29, 0.717) is 6.42 Å². The van der Waals surface area contributed by atoms with Crippen LogP contribution in [-0.4, -0.2) is 48.3 Å². The Hall–Kier alpha value is -0.730. The van der Waals surface area contributed by atoms with Crippen molar-refractivity contribution in [2.24, 2.45) is 0 Å². The summed E-state index contributed by atoms with van der Waals surface area (Å²) in [5, 5.41) is 0. The summed E-state index contributed by atoms with van der Waals surface area (Å²) in [6, 6.07) is 14.5. The molecule has 148 valence electrons. The zero-order valence-electron chi connectivity index (χ0n) is 14.9. The second-order valence-electron chi connectivity index (χ2n) is 6.42. The summed E-state index contributed by atoms with van der Waals surface area (Å²) in [5.74, 6) is 0.0245. The molecule has 27 heavy (non-hydrogen) atoms. The van der Waals surface area contributed by atoms with Crippen molar-refractivity contribution in [1.82, 2.24) is 9.80 Å². The number of carbonyl (C=O) groups is 1. The SMILES string of the molecule is Cl.Cl.O=C(CCN1CCN(Cc2ccc(F)cc2)CC1)c1ccc(I)cc1. The van der Waals surface area contributed by atoms with E-state index < -0.39 is 0 Å². The van der Waals surface area contributed by atoms with E-state index >= 15 is 0 Å². The van der Waals surface area contributed by atoms with Gasteiger partial charge < -0.3 is 4.90 Å². The molecule has 0 saturated carbocycles. The summed E-state index contributed by atoms with van der Waals surface area (Å²) in [5.41, 5.74) is 1.94. The lowest BCUT2D eigenvalue weighted by Crippen LogP contribution is -2.46. The van der Waals surface area contributed by atoms with Crippen molar-refractivity contribution in [2.75, 3.05) is 32.7 Å². The molecule has 1 heterocycles. The Bertz CT molecular complexity index is 705. The van der Waals surface area contributed by atoms with E-state index in [4.69, 9.17) is 0 Å². The lowest BCUT2D eigenvalue weighted by molar-refractivity contribution is 0.0922. The summed E-state index contributed by atoms with van der Waals surface area (Å²) in [7, 11) is 0. The number of nitrogens with zero attached hydrogens (tertiary/aromatic N) is 2. The largest absolute Gasteiger partial charge is 0.300 e. The highest BCUT2D eigenvalue weighted by Gasteiger charge is 2.18. The second-order valence-corrected chi connectivity index (χ2v) is 7.67. The first-order valence-corrected chi connectivity index (χ1v) is 9.66. The molecule has 7 heteroatoms. The van der Waals surface area contributed by atoms with Crippen molar-refractivity contribution >= 4 is 53.2 Å². The monoisotopic (exact) mass is 524 g/mol. The Kier molecular flexibility index (Phi) is 10.8. The van der Waals surface area contributed by atoms with Crippen LogP contribution in [-0.2, 0) is 6.54 Å². The Morgan fingerprint density at radius 2 is 1.44 bits per heavy atom. The fourth-order valence-corrected chi connectivity index (χ4v) is 3.42. The molecule has 2 aromatic rings. The van der Waals surface area contributed by atoms with E-state index in [1.165, 1.54) is 12.1 Å². The predicted octanol–water partition coefficient (Wildman–Crippen LogP) is 4.66. The summed E-state index contributed by atoms with van der Waals surface area (Å²) in [6.45, 7) is 5.58. The lowest BCUT2D eigenvalue weighted by atomic mass is 10.1. The summed E-state index contributed by atoms with van der Waals surface area (Å²) in [6.07, 6.45) is 0.568. The van der Waals surface area contributed by atoms with E-state index in [1.807, 2.05) is 36.4 Å². The van der Waals surface area contributed by atoms with Gasteiger partial charge in [-0.25, -0.2) is 4.39 Å². The predicted molar refractivity (Wildman–Crippen MR) is 121 cm³/mol. The first-order chi connectivity index (χ1) is 12.1. The van der Waals surface area contributed by atoms with Crippen LogP contribution in [0.1, 0.15) is 22.3 Å². The molecular weight excluding hydrogens is 501 g/mol. The molecule has 0 aliphatic carbocycles. The van der Waals surface area contributed by atoms with Crippen LogP contribution in [0.3, 0.4) is 0 Å². The van der Waals surface area contributed by atoms with E-state index in [-0.39, 0.29) is 36.4 Å². The molecule has 0 aromatic heterocycles. The minimum absolute atomic E-state index is 0. The molecule has 0 bridgehead atoms. The molecule has 2 aromatic carbocycles. The molecule has 0 N–H and O–H groups in total. The van der Waals surface area contributed by atoms with Crippen molar-refractivity contribution < 1.29 is 9.18 Å². The Labute approximate surface area is 186 Å². The van der Waals surface area contributed by atoms with Crippen molar-refractivity contribution in [1.29, 1.82) is 0 Å². The molecule has 1 aliphatic rings. The van der Waals surface area contributed by atoms with Crippen molar-refractivity contribution in [3.05, 3.63) is 69.0 Å². The topological polar surface area (TPSA) is 23.6 Å². The number of carbonyl (C=O) groups excluding carboxylic acids is 1. The van der Waals surface area contributed by atoms with Gasteiger partial charge in [0.25, 0.3) is 0 Å². The van der Waals surface area contributed by atoms with Gasteiger partial charge in [0.1, 0.15) is 5.82 Å². The van der Waals surface area contributed by atoms with Crippen molar-refractivity contribution in [3.63, 3.8) is 0 Å². The number of benzene rings is 2. The Balaban J connectivity index is 0.00000182. The van der Waals surface area contributed by atoms with Crippen LogP contribution in [0, 0.1) is 9.39 Å². The smallest absolute Gasteiger partial charge is 0.164 e. The summed E-state index contributed by atoms with van der Waals surface area (Å²) < 4.78 is 14.1. The standard InChI is InChI=1S/C20H22FIN2O.2ClH/c21-18-5-1-16(2-6-18)15-24-13-11-23(12-14-24)10-9-20(25)17-3-7-19(22)8-4-17;;/h1-8H,9-15H2;2*1H. The number of hydrogen-bond acceptors (Lipinski definition) is 3. The molecule has 0 radical (unpaired) electrons. The van der Waals surface area contributed by atoms with E-state index in [9.17, 15) is 9.18 Å². The van der Waals surface area contributed by atoms with Gasteiger partial charge in [0.05, 0.1) is 0 Å². The van der Waals surface area contributed by atoms with Crippen LogP contribution >= 0.6 is 47.4 Å². The molecular formula is C20H24Cl2FIN2O. The minimum atomic E-state index is -0.189. The molecule has 0 amide bonds. The van der Waals surface area contributed by atoms with Gasteiger partial charge in [-0.3, -0.25) is 9.69 Å². The number of ketones is 1. The minimum Gasteiger partial charge on any atom is -0.300 e. The third-order valence-corrected chi connectivity index (χ3v) is 5.32. The zero-order chi connectivity index (χ0) is 17.6.